The summed E-state index contributed by atoms with van der Waals surface area (Å²) in [5, 5.41) is 6.06. The van der Waals surface area contributed by atoms with Gasteiger partial charge in [-0.3, -0.25) is 0 Å². The van der Waals surface area contributed by atoms with E-state index in [1.165, 1.54) is 25.7 Å². The maximum absolute atomic E-state index is 12.1. The van der Waals surface area contributed by atoms with Gasteiger partial charge in [0.25, 0.3) is 0 Å². The Morgan fingerprint density at radius 2 is 2.15 bits per heavy atom. The van der Waals surface area contributed by atoms with E-state index in [4.69, 9.17) is 0 Å². The molecule has 2 saturated carbocycles. The third-order valence-corrected chi connectivity index (χ3v) is 5.07. The van der Waals surface area contributed by atoms with E-state index in [9.17, 15) is 4.79 Å². The average molecular weight is 272 g/mol. The summed E-state index contributed by atoms with van der Waals surface area (Å²) in [5.74, 6) is 2.44. The van der Waals surface area contributed by atoms with Crippen LogP contribution in [0.2, 0.25) is 0 Å². The van der Waals surface area contributed by atoms with Crippen molar-refractivity contribution < 1.29 is 4.79 Å². The van der Waals surface area contributed by atoms with Gasteiger partial charge in [-0.05, 0) is 68.6 Å². The fourth-order valence-corrected chi connectivity index (χ4v) is 4.11. The van der Waals surface area contributed by atoms with Crippen LogP contribution in [-0.4, -0.2) is 12.1 Å². The smallest absolute Gasteiger partial charge is 0.319 e. The molecule has 3 nitrogen and oxygen atoms in total. The number of carbonyl (C=O) groups is 1. The van der Waals surface area contributed by atoms with Crippen LogP contribution in [0.4, 0.5) is 10.5 Å². The quantitative estimate of drug-likeness (QED) is 0.859. The Morgan fingerprint density at radius 1 is 1.30 bits per heavy atom. The predicted molar refractivity (Wildman–Crippen MR) is 81.7 cm³/mol. The van der Waals surface area contributed by atoms with Crippen molar-refractivity contribution in [2.24, 2.45) is 17.8 Å². The number of nitrogens with one attached hydrogen (secondary N) is 2. The topological polar surface area (TPSA) is 41.1 Å². The standard InChI is InChI=1S/C17H24N2O/c1-11-4-3-5-15(8-11)19-17(20)18-12(2)16-10-13-6-7-14(16)9-13/h3-5,8,12-14,16H,6-7,9-10H2,1-2H3,(H2,18,19,20). The minimum absolute atomic E-state index is 0.0779. The van der Waals surface area contributed by atoms with E-state index >= 15 is 0 Å². The van der Waals surface area contributed by atoms with Crippen molar-refractivity contribution in [3.63, 3.8) is 0 Å². The molecule has 20 heavy (non-hydrogen) atoms. The number of hydrogen-bond donors (Lipinski definition) is 2. The largest absolute Gasteiger partial charge is 0.335 e. The Labute approximate surface area is 121 Å². The fourth-order valence-electron chi connectivity index (χ4n) is 4.11. The Kier molecular flexibility index (Phi) is 3.68. The molecule has 2 amide bonds. The number of urea groups is 1. The summed E-state index contributed by atoms with van der Waals surface area (Å²) < 4.78 is 0. The van der Waals surface area contributed by atoms with Gasteiger partial charge in [0.1, 0.15) is 0 Å². The normalized spacial score (nSPS) is 29.2. The molecule has 3 rings (SSSR count). The van der Waals surface area contributed by atoms with Crippen molar-refractivity contribution in [3.05, 3.63) is 29.8 Å². The fraction of sp³-hybridized carbons (Fsp3) is 0.588. The first-order chi connectivity index (χ1) is 9.61. The Hall–Kier alpha value is -1.51. The molecule has 0 aromatic heterocycles. The van der Waals surface area contributed by atoms with Gasteiger partial charge in [-0.15, -0.1) is 0 Å². The second kappa shape index (κ2) is 5.47. The second-order valence-electron chi connectivity index (χ2n) is 6.60. The third kappa shape index (κ3) is 2.82. The number of hydrogen-bond acceptors (Lipinski definition) is 1. The Morgan fingerprint density at radius 3 is 2.80 bits per heavy atom. The Bertz CT molecular complexity index is 500. The van der Waals surface area contributed by atoms with E-state index in [2.05, 4.69) is 17.6 Å². The van der Waals surface area contributed by atoms with Gasteiger partial charge in [0.15, 0.2) is 0 Å². The SMILES string of the molecule is Cc1cccc(NC(=O)NC(C)C2CC3CCC2C3)c1. The molecule has 0 aliphatic heterocycles. The van der Waals surface area contributed by atoms with Gasteiger partial charge >= 0.3 is 6.03 Å². The van der Waals surface area contributed by atoms with Crippen LogP contribution in [0.5, 0.6) is 0 Å². The van der Waals surface area contributed by atoms with Gasteiger partial charge in [0.2, 0.25) is 0 Å². The summed E-state index contributed by atoms with van der Waals surface area (Å²) >= 11 is 0. The number of anilines is 1. The van der Waals surface area contributed by atoms with Crippen LogP contribution < -0.4 is 10.6 Å². The molecule has 2 aliphatic rings. The first-order valence-corrected chi connectivity index (χ1v) is 7.76. The summed E-state index contributed by atoms with van der Waals surface area (Å²) in [5.41, 5.74) is 2.02. The summed E-state index contributed by atoms with van der Waals surface area (Å²) in [6.45, 7) is 4.18. The van der Waals surface area contributed by atoms with Crippen LogP contribution in [0, 0.1) is 24.7 Å². The minimum Gasteiger partial charge on any atom is -0.335 e. The monoisotopic (exact) mass is 272 g/mol. The zero-order valence-electron chi connectivity index (χ0n) is 12.4. The van der Waals surface area contributed by atoms with Crippen molar-refractivity contribution in [3.8, 4) is 0 Å². The molecular weight excluding hydrogens is 248 g/mol. The van der Waals surface area contributed by atoms with Gasteiger partial charge in [0.05, 0.1) is 0 Å². The maximum Gasteiger partial charge on any atom is 0.319 e. The van der Waals surface area contributed by atoms with E-state index in [0.717, 1.165) is 23.1 Å². The lowest BCUT2D eigenvalue weighted by Crippen LogP contribution is -2.42. The third-order valence-electron chi connectivity index (χ3n) is 5.07. The second-order valence-corrected chi connectivity index (χ2v) is 6.60. The van der Waals surface area contributed by atoms with Gasteiger partial charge in [-0.1, -0.05) is 18.6 Å². The molecule has 2 N–H and O–H groups in total. The average Bonchev–Trinajstić information content (AvgIpc) is 3.00. The van der Waals surface area contributed by atoms with Gasteiger partial charge in [0, 0.05) is 11.7 Å². The lowest BCUT2D eigenvalue weighted by atomic mass is 9.84. The molecular formula is C17H24N2O. The number of fused-ring (bicyclic) bond motifs is 2. The van der Waals surface area contributed by atoms with E-state index in [1.54, 1.807) is 0 Å². The van der Waals surface area contributed by atoms with Gasteiger partial charge in [-0.25, -0.2) is 4.79 Å². The molecule has 0 spiro atoms. The van der Waals surface area contributed by atoms with Crippen LogP contribution >= 0.6 is 0 Å². The summed E-state index contributed by atoms with van der Waals surface area (Å²) in [6.07, 6.45) is 5.46. The highest BCUT2D eigenvalue weighted by molar-refractivity contribution is 5.89. The highest BCUT2D eigenvalue weighted by Crippen LogP contribution is 2.49. The molecule has 0 saturated heterocycles. The highest BCUT2D eigenvalue weighted by atomic mass is 16.2. The van der Waals surface area contributed by atoms with Gasteiger partial charge < -0.3 is 10.6 Å². The lowest BCUT2D eigenvalue weighted by Gasteiger charge is -2.28. The van der Waals surface area contributed by atoms with E-state index in [1.807, 2.05) is 31.2 Å². The molecule has 108 valence electrons. The molecule has 2 aliphatic carbocycles. The first-order valence-electron chi connectivity index (χ1n) is 7.76. The molecule has 4 atom stereocenters. The van der Waals surface area contributed by atoms with Crippen LogP contribution in [0.1, 0.15) is 38.2 Å². The molecule has 0 radical (unpaired) electrons. The first kappa shape index (κ1) is 13.5. The van der Waals surface area contributed by atoms with Crippen LogP contribution in [0.3, 0.4) is 0 Å². The molecule has 0 heterocycles. The molecule has 1 aromatic carbocycles. The number of carbonyl (C=O) groups excluding carboxylic acids is 1. The van der Waals surface area contributed by atoms with Crippen molar-refractivity contribution in [1.82, 2.24) is 5.32 Å². The zero-order valence-corrected chi connectivity index (χ0v) is 12.4. The molecule has 4 unspecified atom stereocenters. The Balaban J connectivity index is 1.53. The number of aryl methyl sites for hydroxylation is 1. The van der Waals surface area contributed by atoms with E-state index in [-0.39, 0.29) is 12.1 Å². The summed E-state index contributed by atoms with van der Waals surface area (Å²) in [4.78, 5) is 12.1. The van der Waals surface area contributed by atoms with E-state index < -0.39 is 0 Å². The lowest BCUT2D eigenvalue weighted by molar-refractivity contribution is 0.230. The van der Waals surface area contributed by atoms with Crippen molar-refractivity contribution in [2.45, 2.75) is 45.6 Å². The number of benzene rings is 1. The van der Waals surface area contributed by atoms with Crippen LogP contribution in [-0.2, 0) is 0 Å². The van der Waals surface area contributed by atoms with Crippen LogP contribution in [0.15, 0.2) is 24.3 Å². The molecule has 3 heteroatoms. The van der Waals surface area contributed by atoms with Crippen molar-refractivity contribution in [2.75, 3.05) is 5.32 Å². The van der Waals surface area contributed by atoms with Crippen molar-refractivity contribution >= 4 is 11.7 Å². The maximum atomic E-state index is 12.1. The molecule has 1 aromatic rings. The van der Waals surface area contributed by atoms with Crippen molar-refractivity contribution in [1.29, 1.82) is 0 Å². The molecule has 2 fully saturated rings. The number of rotatable bonds is 3. The zero-order chi connectivity index (χ0) is 14.1. The minimum atomic E-state index is -0.0779. The summed E-state index contributed by atoms with van der Waals surface area (Å²) in [7, 11) is 0. The van der Waals surface area contributed by atoms with Crippen LogP contribution in [0.25, 0.3) is 0 Å². The number of amides is 2. The van der Waals surface area contributed by atoms with Gasteiger partial charge in [-0.2, -0.15) is 0 Å². The summed E-state index contributed by atoms with van der Waals surface area (Å²) in [6, 6.07) is 8.10. The molecule has 2 bridgehead atoms. The highest BCUT2D eigenvalue weighted by Gasteiger charge is 2.42. The van der Waals surface area contributed by atoms with E-state index in [0.29, 0.717) is 5.92 Å². The predicted octanol–water partition coefficient (Wildman–Crippen LogP) is 3.94.